The van der Waals surface area contributed by atoms with Gasteiger partial charge in [-0.15, -0.1) is 24.0 Å². The Morgan fingerprint density at radius 2 is 2.27 bits per heavy atom. The zero-order valence-electron chi connectivity index (χ0n) is 14.5. The van der Waals surface area contributed by atoms with Crippen molar-refractivity contribution in [1.29, 1.82) is 0 Å². The summed E-state index contributed by atoms with van der Waals surface area (Å²) in [6.45, 7) is 3.15. The molecule has 0 spiro atoms. The Kier molecular flexibility index (Phi) is 7.38. The molecule has 1 unspecified atom stereocenters. The minimum absolute atomic E-state index is 0. The van der Waals surface area contributed by atoms with Gasteiger partial charge in [0.15, 0.2) is 15.8 Å². The monoisotopic (exact) mass is 490 g/mol. The van der Waals surface area contributed by atoms with Gasteiger partial charge in [-0.25, -0.2) is 23.4 Å². The number of nitrogens with zero attached hydrogens (tertiary/aromatic N) is 4. The molecule has 2 N–H and O–H groups in total. The molecule has 8 nitrogen and oxygen atoms in total. The summed E-state index contributed by atoms with van der Waals surface area (Å²) in [5, 5.41) is 6.36. The van der Waals surface area contributed by atoms with E-state index in [-0.39, 0.29) is 41.5 Å². The Bertz CT molecular complexity index is 821. The van der Waals surface area contributed by atoms with Gasteiger partial charge >= 0.3 is 0 Å². The van der Waals surface area contributed by atoms with Crippen LogP contribution in [0.15, 0.2) is 42.0 Å². The van der Waals surface area contributed by atoms with Gasteiger partial charge < -0.3 is 10.6 Å². The highest BCUT2D eigenvalue weighted by atomic mass is 127. The van der Waals surface area contributed by atoms with E-state index in [4.69, 9.17) is 0 Å². The van der Waals surface area contributed by atoms with Gasteiger partial charge in [-0.2, -0.15) is 0 Å². The van der Waals surface area contributed by atoms with Crippen molar-refractivity contribution in [3.05, 3.63) is 42.6 Å². The third-order valence-electron chi connectivity index (χ3n) is 3.92. The van der Waals surface area contributed by atoms with Gasteiger partial charge in [-0.1, -0.05) is 6.07 Å². The number of imidazole rings is 1. The van der Waals surface area contributed by atoms with Crippen LogP contribution in [0.4, 0.5) is 0 Å². The number of hydrogen-bond acceptors (Lipinski definition) is 5. The summed E-state index contributed by atoms with van der Waals surface area (Å²) >= 11 is 0. The van der Waals surface area contributed by atoms with E-state index in [2.05, 4.69) is 25.6 Å². The van der Waals surface area contributed by atoms with Crippen LogP contribution in [0.3, 0.4) is 0 Å². The van der Waals surface area contributed by atoms with Crippen LogP contribution in [-0.2, 0) is 16.4 Å². The molecule has 26 heavy (non-hydrogen) atoms. The van der Waals surface area contributed by atoms with Crippen LogP contribution in [0.1, 0.15) is 18.9 Å². The quantitative estimate of drug-likeness (QED) is 0.370. The summed E-state index contributed by atoms with van der Waals surface area (Å²) in [7, 11) is -2.91. The Morgan fingerprint density at radius 3 is 2.85 bits per heavy atom. The smallest absolute Gasteiger partial charge is 0.191 e. The largest absolute Gasteiger partial charge is 0.357 e. The molecular weight excluding hydrogens is 467 g/mol. The maximum Gasteiger partial charge on any atom is 0.191 e. The Labute approximate surface area is 170 Å². The maximum atomic E-state index is 11.6. The van der Waals surface area contributed by atoms with Crippen LogP contribution in [0.2, 0.25) is 0 Å². The van der Waals surface area contributed by atoms with E-state index in [0.717, 1.165) is 11.4 Å². The van der Waals surface area contributed by atoms with Crippen LogP contribution >= 0.6 is 24.0 Å². The van der Waals surface area contributed by atoms with Crippen molar-refractivity contribution in [1.82, 2.24) is 25.2 Å². The van der Waals surface area contributed by atoms with E-state index in [1.165, 1.54) is 0 Å². The van der Waals surface area contributed by atoms with Gasteiger partial charge in [0.25, 0.3) is 0 Å². The fourth-order valence-electron chi connectivity index (χ4n) is 2.65. The number of nitrogens with one attached hydrogen (secondary N) is 2. The fraction of sp³-hybridized carbons (Fsp3) is 0.438. The molecule has 0 radical (unpaired) electrons. The van der Waals surface area contributed by atoms with Gasteiger partial charge in [0.2, 0.25) is 0 Å². The molecule has 2 aromatic heterocycles. The summed E-state index contributed by atoms with van der Waals surface area (Å²) in [4.78, 5) is 12.9. The molecule has 3 heterocycles. The van der Waals surface area contributed by atoms with Crippen LogP contribution < -0.4 is 10.6 Å². The second-order valence-electron chi connectivity index (χ2n) is 5.93. The van der Waals surface area contributed by atoms with Gasteiger partial charge in [0.05, 0.1) is 18.1 Å². The lowest BCUT2D eigenvalue weighted by atomic mass is 10.2. The molecule has 3 rings (SSSR count). The first kappa shape index (κ1) is 20.6. The number of aromatic nitrogens is 3. The van der Waals surface area contributed by atoms with Crippen molar-refractivity contribution in [2.45, 2.75) is 25.9 Å². The summed E-state index contributed by atoms with van der Waals surface area (Å²) < 4.78 is 25.0. The minimum Gasteiger partial charge on any atom is -0.357 e. The predicted octanol–water partition coefficient (Wildman–Crippen LogP) is 1.13. The van der Waals surface area contributed by atoms with Crippen molar-refractivity contribution in [2.75, 3.05) is 18.1 Å². The average molecular weight is 490 g/mol. The Balaban J connectivity index is 0.00000243. The van der Waals surface area contributed by atoms with Gasteiger partial charge in [-0.05, 0) is 25.0 Å². The number of guanidine groups is 1. The molecule has 1 saturated heterocycles. The molecule has 0 amide bonds. The molecule has 1 aliphatic rings. The number of sulfone groups is 1. The van der Waals surface area contributed by atoms with Crippen molar-refractivity contribution in [3.8, 4) is 5.82 Å². The highest BCUT2D eigenvalue weighted by Gasteiger charge is 2.28. The number of rotatable bonds is 5. The third kappa shape index (κ3) is 5.66. The molecular formula is C16H23IN6O2S. The summed E-state index contributed by atoms with van der Waals surface area (Å²) in [5.41, 5.74) is 0.972. The topological polar surface area (TPSA) is 101 Å². The lowest BCUT2D eigenvalue weighted by Crippen LogP contribution is -2.44. The number of aliphatic imine (C=N–C) groups is 1. The molecule has 0 aliphatic carbocycles. The first-order chi connectivity index (χ1) is 12.1. The van der Waals surface area contributed by atoms with E-state index in [0.29, 0.717) is 25.5 Å². The van der Waals surface area contributed by atoms with E-state index in [1.54, 1.807) is 18.7 Å². The molecule has 142 valence electrons. The van der Waals surface area contributed by atoms with Crippen molar-refractivity contribution in [2.24, 2.45) is 4.99 Å². The van der Waals surface area contributed by atoms with Crippen molar-refractivity contribution >= 4 is 39.8 Å². The number of pyridine rings is 1. The number of hydrogen-bond donors (Lipinski definition) is 2. The normalized spacial score (nSPS) is 19.0. The maximum absolute atomic E-state index is 11.6. The first-order valence-corrected chi connectivity index (χ1v) is 10.1. The molecule has 10 heteroatoms. The lowest BCUT2D eigenvalue weighted by Gasteiger charge is -2.15. The van der Waals surface area contributed by atoms with E-state index in [1.807, 2.05) is 29.8 Å². The zero-order valence-corrected chi connectivity index (χ0v) is 17.6. The molecule has 0 bridgehead atoms. The highest BCUT2D eigenvalue weighted by molar-refractivity contribution is 14.0. The molecule has 2 aromatic rings. The second kappa shape index (κ2) is 9.31. The van der Waals surface area contributed by atoms with Crippen LogP contribution in [0, 0.1) is 0 Å². The number of halogens is 1. The SMILES string of the molecule is CCNC(=NCc1ccc(-n2ccnc2)nc1)NC1CCS(=O)(=O)C1.I. The molecule has 1 fully saturated rings. The summed E-state index contributed by atoms with van der Waals surface area (Å²) in [5.74, 6) is 1.83. The molecule has 1 aliphatic heterocycles. The van der Waals surface area contributed by atoms with Crippen molar-refractivity contribution in [3.63, 3.8) is 0 Å². The Hall–Kier alpha value is -1.69. The predicted molar refractivity (Wildman–Crippen MR) is 112 cm³/mol. The van der Waals surface area contributed by atoms with Crippen LogP contribution in [0.25, 0.3) is 5.82 Å². The summed E-state index contributed by atoms with van der Waals surface area (Å²) in [6, 6.07) is 3.80. The van der Waals surface area contributed by atoms with Crippen LogP contribution in [0.5, 0.6) is 0 Å². The molecule has 0 aromatic carbocycles. The van der Waals surface area contributed by atoms with E-state index in [9.17, 15) is 8.42 Å². The van der Waals surface area contributed by atoms with Crippen LogP contribution in [-0.4, -0.2) is 53.0 Å². The second-order valence-corrected chi connectivity index (χ2v) is 8.16. The highest BCUT2D eigenvalue weighted by Crippen LogP contribution is 2.11. The van der Waals surface area contributed by atoms with E-state index >= 15 is 0 Å². The molecule has 0 saturated carbocycles. The average Bonchev–Trinajstić information content (AvgIpc) is 3.23. The Morgan fingerprint density at radius 1 is 1.42 bits per heavy atom. The lowest BCUT2D eigenvalue weighted by molar-refractivity contribution is 0.599. The van der Waals surface area contributed by atoms with Gasteiger partial charge in [0, 0.05) is 31.2 Å². The summed E-state index contributed by atoms with van der Waals surface area (Å²) in [6.07, 6.45) is 7.64. The van der Waals surface area contributed by atoms with E-state index < -0.39 is 9.84 Å². The molecule has 1 atom stereocenters. The standard InChI is InChI=1S/C16H22N6O2S.HI/c1-2-18-16(21-14-5-8-25(23,24)11-14)20-10-13-3-4-15(19-9-13)22-7-6-17-12-22;/h3-4,6-7,9,12,14H,2,5,8,10-11H2,1H3,(H2,18,20,21);1H. The zero-order chi connectivity index (χ0) is 17.7. The fourth-order valence-corrected chi connectivity index (χ4v) is 4.32. The third-order valence-corrected chi connectivity index (χ3v) is 5.68. The first-order valence-electron chi connectivity index (χ1n) is 8.24. The van der Waals surface area contributed by atoms with Crippen molar-refractivity contribution < 1.29 is 8.42 Å². The minimum atomic E-state index is -2.91. The van der Waals surface area contributed by atoms with Gasteiger partial charge in [-0.3, -0.25) is 4.57 Å². The van der Waals surface area contributed by atoms with Gasteiger partial charge in [0.1, 0.15) is 12.1 Å².